The average molecular weight is 222 g/mol. The molecule has 15 heavy (non-hydrogen) atoms. The summed E-state index contributed by atoms with van der Waals surface area (Å²) in [5, 5.41) is 0. The van der Waals surface area contributed by atoms with Crippen molar-refractivity contribution < 1.29 is 4.74 Å². The Morgan fingerprint density at radius 3 is 1.80 bits per heavy atom. The summed E-state index contributed by atoms with van der Waals surface area (Å²) in [7, 11) is 1.81. The van der Waals surface area contributed by atoms with Gasteiger partial charge in [-0.3, -0.25) is 0 Å². The van der Waals surface area contributed by atoms with Gasteiger partial charge < -0.3 is 0 Å². The van der Waals surface area contributed by atoms with Gasteiger partial charge in [0.05, 0.1) is 0 Å². The van der Waals surface area contributed by atoms with Crippen LogP contribution in [0.5, 0.6) is 0 Å². The van der Waals surface area contributed by atoms with Crippen LogP contribution in [0.4, 0.5) is 0 Å². The SMILES string of the molecule is COC(C)CCCCCCCCC[CH2][Na]. The van der Waals surface area contributed by atoms with Gasteiger partial charge in [-0.25, -0.2) is 0 Å². The van der Waals surface area contributed by atoms with Gasteiger partial charge in [0.25, 0.3) is 0 Å². The molecule has 0 N–H and O–H groups in total. The topological polar surface area (TPSA) is 9.23 Å². The summed E-state index contributed by atoms with van der Waals surface area (Å²) in [6.07, 6.45) is 13.2. The van der Waals surface area contributed by atoms with Gasteiger partial charge in [0.2, 0.25) is 0 Å². The zero-order valence-electron chi connectivity index (χ0n) is 11.1. The Labute approximate surface area is 114 Å². The van der Waals surface area contributed by atoms with Gasteiger partial charge in [-0.1, -0.05) is 0 Å². The number of methoxy groups -OCH3 is 1. The summed E-state index contributed by atoms with van der Waals surface area (Å²) in [6.45, 7) is 2.16. The van der Waals surface area contributed by atoms with Crippen LogP contribution in [0.1, 0.15) is 64.7 Å². The number of ether oxygens (including phenoxy) is 1. The second kappa shape index (κ2) is 13.0. The van der Waals surface area contributed by atoms with E-state index in [1.807, 2.05) is 0 Å². The predicted octanol–water partition coefficient (Wildman–Crippen LogP) is 4.12. The van der Waals surface area contributed by atoms with Gasteiger partial charge in [0.1, 0.15) is 0 Å². The minimum atomic E-state index is 0.457. The van der Waals surface area contributed by atoms with E-state index in [1.165, 1.54) is 89.4 Å². The quantitative estimate of drug-likeness (QED) is 0.377. The van der Waals surface area contributed by atoms with E-state index in [-0.39, 0.29) is 0 Å². The normalized spacial score (nSPS) is 13.1. The van der Waals surface area contributed by atoms with E-state index in [4.69, 9.17) is 4.74 Å². The molecule has 0 rings (SSSR count). The number of hydrogen-bond donors (Lipinski definition) is 0. The fraction of sp³-hybridized carbons (Fsp3) is 1.00. The van der Waals surface area contributed by atoms with Gasteiger partial charge >= 0.3 is 107 Å². The molecule has 0 spiro atoms. The molecule has 0 aromatic rings. The van der Waals surface area contributed by atoms with E-state index in [2.05, 4.69) is 6.92 Å². The van der Waals surface area contributed by atoms with Gasteiger partial charge in [-0.05, 0) is 0 Å². The van der Waals surface area contributed by atoms with Crippen molar-refractivity contribution in [3.05, 3.63) is 0 Å². The molecule has 0 aliphatic rings. The molecule has 0 aromatic carbocycles. The molecule has 0 aliphatic carbocycles. The Balaban J connectivity index is 2.92. The minimum absolute atomic E-state index is 0.457. The molecule has 0 radical (unpaired) electrons. The molecule has 0 saturated carbocycles. The van der Waals surface area contributed by atoms with Crippen molar-refractivity contribution in [1.82, 2.24) is 0 Å². The van der Waals surface area contributed by atoms with Crippen LogP contribution in [0.2, 0.25) is 3.67 Å². The maximum atomic E-state index is 5.23. The number of rotatable bonds is 11. The van der Waals surface area contributed by atoms with Gasteiger partial charge in [-0.2, -0.15) is 0 Å². The fourth-order valence-corrected chi connectivity index (χ4v) is 2.36. The molecule has 0 fully saturated rings. The third-order valence-electron chi connectivity index (χ3n) is 3.12. The van der Waals surface area contributed by atoms with Crippen molar-refractivity contribution in [3.63, 3.8) is 0 Å². The molecule has 0 amide bonds. The van der Waals surface area contributed by atoms with Crippen LogP contribution in [0.15, 0.2) is 0 Å². The van der Waals surface area contributed by atoms with Crippen molar-refractivity contribution >= 4 is 27.9 Å². The van der Waals surface area contributed by atoms with Gasteiger partial charge in [0, 0.05) is 7.11 Å². The summed E-state index contributed by atoms with van der Waals surface area (Å²) in [6, 6.07) is 0. The molecule has 2 heteroatoms. The Morgan fingerprint density at radius 2 is 1.33 bits per heavy atom. The third-order valence-corrected chi connectivity index (χ3v) is 3.82. The van der Waals surface area contributed by atoms with Crippen LogP contribution in [-0.4, -0.2) is 41.1 Å². The molecule has 0 bridgehead atoms. The van der Waals surface area contributed by atoms with Crippen molar-refractivity contribution in [1.29, 1.82) is 0 Å². The monoisotopic (exact) mass is 222 g/mol. The van der Waals surface area contributed by atoms with Crippen molar-refractivity contribution in [2.45, 2.75) is 74.5 Å². The first kappa shape index (κ1) is 16.0. The molecule has 1 nitrogen and oxygen atoms in total. The Bertz CT molecular complexity index is 117. The van der Waals surface area contributed by atoms with Crippen molar-refractivity contribution in [2.75, 3.05) is 7.11 Å². The third kappa shape index (κ3) is 12.9. The zero-order valence-corrected chi connectivity index (χ0v) is 13.1. The number of hydrogen-bond acceptors (Lipinski definition) is 1. The molecular formula is C13H27NaO. The second-order valence-electron chi connectivity index (χ2n) is 4.66. The summed E-state index contributed by atoms with van der Waals surface area (Å²) in [4.78, 5) is 0. The van der Waals surface area contributed by atoms with Crippen molar-refractivity contribution in [2.24, 2.45) is 0 Å². The maximum absolute atomic E-state index is 5.23. The summed E-state index contributed by atoms with van der Waals surface area (Å²) in [5.74, 6) is 0. The summed E-state index contributed by atoms with van der Waals surface area (Å²) in [5.41, 5.74) is 0. The van der Waals surface area contributed by atoms with E-state index in [0.717, 1.165) is 0 Å². The molecule has 0 saturated heterocycles. The van der Waals surface area contributed by atoms with Crippen molar-refractivity contribution in [3.8, 4) is 0 Å². The van der Waals surface area contributed by atoms with Crippen LogP contribution in [0, 0.1) is 0 Å². The van der Waals surface area contributed by atoms with Crippen LogP contribution < -0.4 is 0 Å². The predicted molar refractivity (Wildman–Crippen MR) is 68.6 cm³/mol. The standard InChI is InChI=1S/C13H27O.Na/c1-4-5-6-7-8-9-10-11-12-13(2)14-3;/h13H,1,4-12H2,2-3H3;. The summed E-state index contributed by atoms with van der Waals surface area (Å²) >= 11 is 1.40. The fourth-order valence-electron chi connectivity index (χ4n) is 1.86. The van der Waals surface area contributed by atoms with Crippen LogP contribution >= 0.6 is 0 Å². The Kier molecular flexibility index (Phi) is 13.9. The molecule has 0 aliphatic heterocycles. The first-order valence-electron chi connectivity index (χ1n) is 6.84. The van der Waals surface area contributed by atoms with Gasteiger partial charge in [0.15, 0.2) is 0 Å². The molecule has 1 unspecified atom stereocenters. The van der Waals surface area contributed by atoms with E-state index < -0.39 is 0 Å². The average Bonchev–Trinajstić information content (AvgIpc) is 2.26. The van der Waals surface area contributed by atoms with Crippen LogP contribution in [-0.2, 0) is 4.74 Å². The van der Waals surface area contributed by atoms with Gasteiger partial charge in [-0.15, -0.1) is 0 Å². The zero-order chi connectivity index (χ0) is 11.4. The Morgan fingerprint density at radius 1 is 0.867 bits per heavy atom. The van der Waals surface area contributed by atoms with E-state index in [1.54, 1.807) is 7.11 Å². The first-order valence-corrected chi connectivity index (χ1v) is 8.25. The van der Waals surface area contributed by atoms with E-state index >= 15 is 0 Å². The molecule has 0 aromatic heterocycles. The number of unbranched alkanes of at least 4 members (excludes halogenated alkanes) is 7. The first-order chi connectivity index (χ1) is 7.31. The molecule has 1 atom stereocenters. The van der Waals surface area contributed by atoms with Crippen LogP contribution in [0.25, 0.3) is 0 Å². The molecular weight excluding hydrogens is 195 g/mol. The Hall–Kier alpha value is 0.960. The second-order valence-corrected chi connectivity index (χ2v) is 5.66. The molecule has 86 valence electrons. The van der Waals surface area contributed by atoms with E-state index in [9.17, 15) is 0 Å². The van der Waals surface area contributed by atoms with Crippen LogP contribution in [0.3, 0.4) is 0 Å². The van der Waals surface area contributed by atoms with E-state index in [0.29, 0.717) is 6.10 Å². The summed E-state index contributed by atoms with van der Waals surface area (Å²) < 4.78 is 6.72. The molecule has 0 heterocycles.